The van der Waals surface area contributed by atoms with Gasteiger partial charge in [0.1, 0.15) is 6.61 Å². The molecule has 82 valence electrons. The first-order valence-corrected chi connectivity index (χ1v) is 4.64. The van der Waals surface area contributed by atoms with Gasteiger partial charge in [-0.1, -0.05) is 6.07 Å². The van der Waals surface area contributed by atoms with E-state index in [0.29, 0.717) is 0 Å². The average molecular weight is 210 g/mol. The van der Waals surface area contributed by atoms with Crippen LogP contribution in [0.1, 0.15) is 12.5 Å². The Hall–Kier alpha value is -1.62. The molecule has 5 heteroatoms. The number of hydrogen-bond acceptors (Lipinski definition) is 4. The van der Waals surface area contributed by atoms with Crippen molar-refractivity contribution in [3.05, 3.63) is 33.9 Å². The van der Waals surface area contributed by atoms with Crippen LogP contribution >= 0.6 is 0 Å². The minimum absolute atomic E-state index is 0.0179. The van der Waals surface area contributed by atoms with Crippen LogP contribution in [0.4, 0.5) is 5.69 Å². The molecule has 0 amide bonds. The summed E-state index contributed by atoms with van der Waals surface area (Å²) in [5, 5.41) is 10.7. The van der Waals surface area contributed by atoms with E-state index in [2.05, 4.69) is 0 Å². The highest BCUT2D eigenvalue weighted by atomic mass is 16.6. The Bertz CT molecular complexity index is 364. The summed E-state index contributed by atoms with van der Waals surface area (Å²) in [5.41, 5.74) is 6.31. The molecule has 0 aliphatic carbocycles. The van der Waals surface area contributed by atoms with Crippen molar-refractivity contribution in [1.29, 1.82) is 0 Å². The fraction of sp³-hybridized carbons (Fsp3) is 0.400. The maximum absolute atomic E-state index is 10.7. The van der Waals surface area contributed by atoms with Gasteiger partial charge < -0.3 is 10.5 Å². The maximum Gasteiger partial charge on any atom is 0.311 e. The lowest BCUT2D eigenvalue weighted by molar-refractivity contribution is -0.385. The van der Waals surface area contributed by atoms with Crippen LogP contribution in [0.3, 0.4) is 0 Å². The van der Waals surface area contributed by atoms with Gasteiger partial charge in [0.25, 0.3) is 0 Å². The number of aryl methyl sites for hydroxylation is 1. The Balaban J connectivity index is 2.91. The van der Waals surface area contributed by atoms with Crippen molar-refractivity contribution in [2.75, 3.05) is 6.61 Å². The second-order valence-corrected chi connectivity index (χ2v) is 3.52. The van der Waals surface area contributed by atoms with Gasteiger partial charge in [-0.15, -0.1) is 0 Å². The Kier molecular flexibility index (Phi) is 3.62. The van der Waals surface area contributed by atoms with Crippen molar-refractivity contribution in [1.82, 2.24) is 0 Å². The molecular formula is C10H14N2O3. The molecular weight excluding hydrogens is 196 g/mol. The number of hydrogen-bond donors (Lipinski definition) is 1. The second-order valence-electron chi connectivity index (χ2n) is 3.52. The van der Waals surface area contributed by atoms with Gasteiger partial charge in [-0.2, -0.15) is 0 Å². The van der Waals surface area contributed by atoms with Gasteiger partial charge in [-0.3, -0.25) is 10.1 Å². The van der Waals surface area contributed by atoms with Crippen LogP contribution in [0.2, 0.25) is 0 Å². The minimum Gasteiger partial charge on any atom is -0.485 e. The predicted molar refractivity (Wildman–Crippen MR) is 57.0 cm³/mol. The van der Waals surface area contributed by atoms with Gasteiger partial charge in [0.05, 0.1) is 4.92 Å². The van der Waals surface area contributed by atoms with Crippen LogP contribution < -0.4 is 10.5 Å². The summed E-state index contributed by atoms with van der Waals surface area (Å²) in [6.07, 6.45) is 0. The number of nitrogens with zero attached hydrogens (tertiary/aromatic N) is 1. The van der Waals surface area contributed by atoms with Gasteiger partial charge >= 0.3 is 5.69 Å². The van der Waals surface area contributed by atoms with Crippen molar-refractivity contribution in [2.45, 2.75) is 19.9 Å². The average Bonchev–Trinajstić information content (AvgIpc) is 2.15. The molecule has 15 heavy (non-hydrogen) atoms. The molecule has 0 spiro atoms. The number of ether oxygens (including phenoxy) is 1. The zero-order valence-corrected chi connectivity index (χ0v) is 8.77. The molecule has 1 atom stereocenters. The smallest absolute Gasteiger partial charge is 0.311 e. The molecule has 0 aromatic heterocycles. The van der Waals surface area contributed by atoms with Crippen molar-refractivity contribution >= 4 is 5.69 Å². The van der Waals surface area contributed by atoms with E-state index in [4.69, 9.17) is 10.5 Å². The molecule has 0 bridgehead atoms. The minimum atomic E-state index is -0.455. The third kappa shape index (κ3) is 3.21. The highest BCUT2D eigenvalue weighted by molar-refractivity contribution is 5.48. The molecule has 2 N–H and O–H groups in total. The third-order valence-corrected chi connectivity index (χ3v) is 1.81. The second kappa shape index (κ2) is 4.75. The van der Waals surface area contributed by atoms with Gasteiger partial charge in [-0.05, 0) is 25.5 Å². The third-order valence-electron chi connectivity index (χ3n) is 1.81. The first kappa shape index (κ1) is 11.5. The first-order valence-electron chi connectivity index (χ1n) is 4.64. The van der Waals surface area contributed by atoms with Crippen LogP contribution in [0.15, 0.2) is 18.2 Å². The zero-order chi connectivity index (χ0) is 11.4. The predicted octanol–water partition coefficient (Wildman–Crippen LogP) is 1.63. The Labute approximate surface area is 88.0 Å². The summed E-state index contributed by atoms with van der Waals surface area (Å²) in [5.74, 6) is 0.267. The quantitative estimate of drug-likeness (QED) is 0.605. The Morgan fingerprint density at radius 3 is 2.80 bits per heavy atom. The first-order chi connectivity index (χ1) is 7.00. The number of nitro groups is 1. The van der Waals surface area contributed by atoms with E-state index in [0.717, 1.165) is 5.56 Å². The molecule has 5 nitrogen and oxygen atoms in total. The lowest BCUT2D eigenvalue weighted by Gasteiger charge is -2.09. The Morgan fingerprint density at radius 2 is 2.27 bits per heavy atom. The van der Waals surface area contributed by atoms with Crippen LogP contribution in [-0.2, 0) is 0 Å². The van der Waals surface area contributed by atoms with Crippen molar-refractivity contribution in [2.24, 2.45) is 5.73 Å². The van der Waals surface area contributed by atoms with E-state index in [9.17, 15) is 10.1 Å². The van der Waals surface area contributed by atoms with Crippen LogP contribution in [0, 0.1) is 17.0 Å². The van der Waals surface area contributed by atoms with Gasteiger partial charge in [0.2, 0.25) is 0 Å². The van der Waals surface area contributed by atoms with E-state index >= 15 is 0 Å². The summed E-state index contributed by atoms with van der Waals surface area (Å²) >= 11 is 0. The largest absolute Gasteiger partial charge is 0.485 e. The summed E-state index contributed by atoms with van der Waals surface area (Å²) in [6.45, 7) is 3.84. The van der Waals surface area contributed by atoms with Crippen molar-refractivity contribution in [3.63, 3.8) is 0 Å². The SMILES string of the molecule is Cc1ccc(OCC(C)N)c([N+](=O)[O-])c1. The number of benzene rings is 1. The van der Waals surface area contributed by atoms with Gasteiger partial charge in [0.15, 0.2) is 5.75 Å². The summed E-state index contributed by atoms with van der Waals surface area (Å²) in [7, 11) is 0. The standard InChI is InChI=1S/C10H14N2O3/c1-7-3-4-10(15-6-8(2)11)9(5-7)12(13)14/h3-5,8H,6,11H2,1-2H3. The Morgan fingerprint density at radius 1 is 1.60 bits per heavy atom. The van der Waals surface area contributed by atoms with Gasteiger partial charge in [-0.25, -0.2) is 0 Å². The highest BCUT2D eigenvalue weighted by Crippen LogP contribution is 2.27. The molecule has 1 aromatic rings. The van der Waals surface area contributed by atoms with E-state index in [-0.39, 0.29) is 24.1 Å². The van der Waals surface area contributed by atoms with Crippen molar-refractivity contribution in [3.8, 4) is 5.75 Å². The van der Waals surface area contributed by atoms with Gasteiger partial charge in [0, 0.05) is 12.1 Å². The molecule has 0 saturated heterocycles. The summed E-state index contributed by atoms with van der Waals surface area (Å²) in [4.78, 5) is 10.3. The maximum atomic E-state index is 10.7. The zero-order valence-electron chi connectivity index (χ0n) is 8.77. The molecule has 1 aromatic carbocycles. The summed E-state index contributed by atoms with van der Waals surface area (Å²) in [6, 6.07) is 4.70. The lowest BCUT2D eigenvalue weighted by atomic mass is 10.2. The fourth-order valence-corrected chi connectivity index (χ4v) is 1.11. The van der Waals surface area contributed by atoms with Crippen molar-refractivity contribution < 1.29 is 9.66 Å². The number of nitrogens with two attached hydrogens (primary N) is 1. The fourth-order valence-electron chi connectivity index (χ4n) is 1.11. The molecule has 0 saturated carbocycles. The lowest BCUT2D eigenvalue weighted by Crippen LogP contribution is -2.23. The van der Waals surface area contributed by atoms with E-state index < -0.39 is 4.92 Å². The van der Waals surface area contributed by atoms with Crippen LogP contribution in [0.25, 0.3) is 0 Å². The highest BCUT2D eigenvalue weighted by Gasteiger charge is 2.15. The molecule has 0 radical (unpaired) electrons. The van der Waals surface area contributed by atoms with Crippen LogP contribution in [-0.4, -0.2) is 17.6 Å². The van der Waals surface area contributed by atoms with Crippen LogP contribution in [0.5, 0.6) is 5.75 Å². The topological polar surface area (TPSA) is 78.4 Å². The molecule has 0 aliphatic heterocycles. The summed E-state index contributed by atoms with van der Waals surface area (Å²) < 4.78 is 5.25. The monoisotopic (exact) mass is 210 g/mol. The normalized spacial score (nSPS) is 12.2. The molecule has 0 aliphatic rings. The van der Waals surface area contributed by atoms with E-state index in [1.807, 2.05) is 0 Å². The molecule has 1 unspecified atom stereocenters. The number of rotatable bonds is 4. The number of nitro benzene ring substituents is 1. The van der Waals surface area contributed by atoms with E-state index in [1.165, 1.54) is 6.07 Å². The molecule has 1 rings (SSSR count). The van der Waals surface area contributed by atoms with E-state index in [1.54, 1.807) is 26.0 Å². The molecule has 0 heterocycles. The molecule has 0 fully saturated rings.